The van der Waals surface area contributed by atoms with E-state index in [0.29, 0.717) is 13.2 Å². The number of benzene rings is 2. The van der Waals surface area contributed by atoms with Crippen molar-refractivity contribution in [3.05, 3.63) is 59.7 Å². The van der Waals surface area contributed by atoms with Crippen LogP contribution in [-0.4, -0.2) is 18.6 Å². The third-order valence-electron chi connectivity index (χ3n) is 3.70. The number of carbonyl (C=O) groups excluding carboxylic acids is 1. The fourth-order valence-corrected chi connectivity index (χ4v) is 2.40. The van der Waals surface area contributed by atoms with Crippen molar-refractivity contribution in [1.29, 1.82) is 0 Å². The molecule has 128 valence electrons. The van der Waals surface area contributed by atoms with Gasteiger partial charge in [-0.05, 0) is 49.6 Å². The molecule has 0 fully saturated rings. The molecule has 0 spiro atoms. The van der Waals surface area contributed by atoms with E-state index in [1.54, 1.807) is 6.92 Å². The van der Waals surface area contributed by atoms with Crippen LogP contribution in [0.1, 0.15) is 31.9 Å². The number of ether oxygens (including phenoxy) is 2. The number of amides is 1. The minimum atomic E-state index is -0.548. The second-order valence-electron chi connectivity index (χ2n) is 5.52. The summed E-state index contributed by atoms with van der Waals surface area (Å²) >= 11 is 0. The van der Waals surface area contributed by atoms with Crippen LogP contribution in [0.4, 0.5) is 0 Å². The van der Waals surface area contributed by atoms with Crippen LogP contribution >= 0.6 is 0 Å². The zero-order valence-corrected chi connectivity index (χ0v) is 14.5. The quantitative estimate of drug-likeness (QED) is 0.803. The summed E-state index contributed by atoms with van der Waals surface area (Å²) in [4.78, 5) is 12.3. The lowest BCUT2D eigenvalue weighted by molar-refractivity contribution is -0.127. The first-order valence-corrected chi connectivity index (χ1v) is 8.38. The molecule has 4 nitrogen and oxygen atoms in total. The largest absolute Gasteiger partial charge is 0.494 e. The average molecular weight is 327 g/mol. The van der Waals surface area contributed by atoms with Crippen molar-refractivity contribution in [2.24, 2.45) is 0 Å². The van der Waals surface area contributed by atoms with E-state index < -0.39 is 6.10 Å². The van der Waals surface area contributed by atoms with Gasteiger partial charge in [0.05, 0.1) is 6.61 Å². The van der Waals surface area contributed by atoms with Crippen LogP contribution in [0.25, 0.3) is 0 Å². The molecule has 0 aliphatic heterocycles. The second-order valence-corrected chi connectivity index (χ2v) is 5.52. The van der Waals surface area contributed by atoms with Crippen LogP contribution in [0.2, 0.25) is 0 Å². The molecule has 1 amide bonds. The van der Waals surface area contributed by atoms with Crippen molar-refractivity contribution in [3.63, 3.8) is 0 Å². The standard InChI is InChI=1S/C20H25NO3/c1-4-17-10-6-7-12-19(17)24-15(3)20(22)21-14-16-9-8-11-18(13-16)23-5-2/h6-13,15H,4-5,14H2,1-3H3,(H,21,22)/t15-/m1/s1. The Morgan fingerprint density at radius 1 is 1.12 bits per heavy atom. The number of rotatable bonds is 8. The Morgan fingerprint density at radius 2 is 1.92 bits per heavy atom. The summed E-state index contributed by atoms with van der Waals surface area (Å²) < 4.78 is 11.3. The van der Waals surface area contributed by atoms with E-state index in [9.17, 15) is 4.79 Å². The Balaban J connectivity index is 1.91. The van der Waals surface area contributed by atoms with E-state index in [-0.39, 0.29) is 5.91 Å². The first-order chi connectivity index (χ1) is 11.6. The normalized spacial score (nSPS) is 11.6. The minimum absolute atomic E-state index is 0.136. The molecule has 1 N–H and O–H groups in total. The Kier molecular flexibility index (Phi) is 6.67. The van der Waals surface area contributed by atoms with Crippen LogP contribution < -0.4 is 14.8 Å². The fourth-order valence-electron chi connectivity index (χ4n) is 2.40. The molecule has 4 heteroatoms. The van der Waals surface area contributed by atoms with Crippen molar-refractivity contribution in [2.45, 2.75) is 39.8 Å². The highest BCUT2D eigenvalue weighted by Gasteiger charge is 2.15. The molecular formula is C20H25NO3. The number of nitrogens with one attached hydrogen (secondary N) is 1. The molecule has 2 aromatic carbocycles. The fraction of sp³-hybridized carbons (Fsp3) is 0.350. The SMILES string of the molecule is CCOc1cccc(CNC(=O)[C@@H](C)Oc2ccccc2CC)c1. The van der Waals surface area contributed by atoms with Gasteiger partial charge in [-0.25, -0.2) is 0 Å². The Bertz CT molecular complexity index is 669. The number of para-hydroxylation sites is 1. The molecular weight excluding hydrogens is 302 g/mol. The molecule has 2 aromatic rings. The van der Waals surface area contributed by atoms with Crippen LogP contribution in [0.5, 0.6) is 11.5 Å². The molecule has 24 heavy (non-hydrogen) atoms. The molecule has 0 unspecified atom stereocenters. The molecule has 0 heterocycles. The highest BCUT2D eigenvalue weighted by molar-refractivity contribution is 5.80. The lowest BCUT2D eigenvalue weighted by Gasteiger charge is -2.17. The van der Waals surface area contributed by atoms with E-state index in [2.05, 4.69) is 12.2 Å². The van der Waals surface area contributed by atoms with E-state index in [0.717, 1.165) is 29.0 Å². The topological polar surface area (TPSA) is 47.6 Å². The molecule has 0 bridgehead atoms. The van der Waals surface area contributed by atoms with Gasteiger partial charge in [-0.3, -0.25) is 4.79 Å². The summed E-state index contributed by atoms with van der Waals surface area (Å²) in [6.45, 7) is 6.85. The zero-order chi connectivity index (χ0) is 17.4. The van der Waals surface area contributed by atoms with Crippen molar-refractivity contribution in [2.75, 3.05) is 6.61 Å². The number of hydrogen-bond donors (Lipinski definition) is 1. The molecule has 2 rings (SSSR count). The van der Waals surface area contributed by atoms with Crippen LogP contribution in [0.15, 0.2) is 48.5 Å². The second kappa shape index (κ2) is 8.96. The molecule has 0 aliphatic rings. The minimum Gasteiger partial charge on any atom is -0.494 e. The maximum absolute atomic E-state index is 12.3. The van der Waals surface area contributed by atoms with Crippen LogP contribution in [-0.2, 0) is 17.8 Å². The van der Waals surface area contributed by atoms with Gasteiger partial charge in [-0.1, -0.05) is 37.3 Å². The highest BCUT2D eigenvalue weighted by atomic mass is 16.5. The van der Waals surface area contributed by atoms with E-state index >= 15 is 0 Å². The molecule has 0 radical (unpaired) electrons. The maximum atomic E-state index is 12.3. The third kappa shape index (κ3) is 5.01. The molecule has 0 aromatic heterocycles. The molecule has 0 saturated carbocycles. The summed E-state index contributed by atoms with van der Waals surface area (Å²) in [5.74, 6) is 1.44. The van der Waals surface area contributed by atoms with Gasteiger partial charge in [0.2, 0.25) is 0 Å². The molecule has 0 saturated heterocycles. The lowest BCUT2D eigenvalue weighted by Crippen LogP contribution is -2.36. The first-order valence-electron chi connectivity index (χ1n) is 8.38. The third-order valence-corrected chi connectivity index (χ3v) is 3.70. The number of carbonyl (C=O) groups is 1. The average Bonchev–Trinajstić information content (AvgIpc) is 2.60. The van der Waals surface area contributed by atoms with Gasteiger partial charge in [-0.15, -0.1) is 0 Å². The van der Waals surface area contributed by atoms with Crippen molar-refractivity contribution in [3.8, 4) is 11.5 Å². The van der Waals surface area contributed by atoms with Crippen molar-refractivity contribution < 1.29 is 14.3 Å². The van der Waals surface area contributed by atoms with Gasteiger partial charge in [0.15, 0.2) is 6.10 Å². The lowest BCUT2D eigenvalue weighted by atomic mass is 10.1. The summed E-state index contributed by atoms with van der Waals surface area (Å²) in [6.07, 6.45) is 0.321. The van der Waals surface area contributed by atoms with Crippen molar-refractivity contribution >= 4 is 5.91 Å². The Hall–Kier alpha value is -2.49. The summed E-state index contributed by atoms with van der Waals surface area (Å²) in [7, 11) is 0. The van der Waals surface area contributed by atoms with Gasteiger partial charge in [0.1, 0.15) is 11.5 Å². The summed E-state index contributed by atoms with van der Waals surface area (Å²) in [5.41, 5.74) is 2.09. The first kappa shape index (κ1) is 17.9. The maximum Gasteiger partial charge on any atom is 0.261 e. The van der Waals surface area contributed by atoms with Crippen molar-refractivity contribution in [1.82, 2.24) is 5.32 Å². The van der Waals surface area contributed by atoms with E-state index in [1.807, 2.05) is 55.5 Å². The summed E-state index contributed by atoms with van der Waals surface area (Å²) in [6, 6.07) is 15.5. The van der Waals surface area contributed by atoms with E-state index in [1.165, 1.54) is 0 Å². The van der Waals surface area contributed by atoms with Gasteiger partial charge in [0.25, 0.3) is 5.91 Å². The number of hydrogen-bond acceptors (Lipinski definition) is 3. The highest BCUT2D eigenvalue weighted by Crippen LogP contribution is 2.20. The summed E-state index contributed by atoms with van der Waals surface area (Å²) in [5, 5.41) is 2.91. The Morgan fingerprint density at radius 3 is 2.67 bits per heavy atom. The van der Waals surface area contributed by atoms with Gasteiger partial charge in [-0.2, -0.15) is 0 Å². The predicted molar refractivity (Wildman–Crippen MR) is 95.4 cm³/mol. The molecule has 1 atom stereocenters. The van der Waals surface area contributed by atoms with Gasteiger partial charge >= 0.3 is 0 Å². The number of aryl methyl sites for hydroxylation is 1. The predicted octanol–water partition coefficient (Wildman–Crippen LogP) is 3.73. The van der Waals surface area contributed by atoms with E-state index in [4.69, 9.17) is 9.47 Å². The van der Waals surface area contributed by atoms with Gasteiger partial charge < -0.3 is 14.8 Å². The molecule has 0 aliphatic carbocycles. The van der Waals surface area contributed by atoms with Crippen LogP contribution in [0, 0.1) is 0 Å². The monoisotopic (exact) mass is 327 g/mol. The smallest absolute Gasteiger partial charge is 0.261 e. The Labute approximate surface area is 143 Å². The zero-order valence-electron chi connectivity index (χ0n) is 14.5. The van der Waals surface area contributed by atoms with Gasteiger partial charge in [0, 0.05) is 6.54 Å². The van der Waals surface area contributed by atoms with Crippen LogP contribution in [0.3, 0.4) is 0 Å².